The van der Waals surface area contributed by atoms with E-state index < -0.39 is 17.4 Å². The van der Waals surface area contributed by atoms with Crippen LogP contribution in [-0.4, -0.2) is 4.98 Å². The van der Waals surface area contributed by atoms with Crippen molar-refractivity contribution in [2.45, 2.75) is 12.8 Å². The largest absolute Gasteiger partial charge is 0.352 e. The number of nitrogens with zero attached hydrogens (tertiary/aromatic N) is 2. The van der Waals surface area contributed by atoms with Gasteiger partial charge in [0.1, 0.15) is 11.8 Å². The number of alkyl halides is 2. The quantitative estimate of drug-likeness (QED) is 0.795. The summed E-state index contributed by atoms with van der Waals surface area (Å²) in [6, 6.07) is 3.29. The van der Waals surface area contributed by atoms with Crippen LogP contribution in [0.1, 0.15) is 23.2 Å². The molecule has 0 radical (unpaired) electrons. The van der Waals surface area contributed by atoms with Crippen molar-refractivity contribution in [3.05, 3.63) is 33.2 Å². The molecule has 1 aromatic heterocycles. The van der Waals surface area contributed by atoms with E-state index in [0.717, 1.165) is 6.20 Å². The van der Waals surface area contributed by atoms with Gasteiger partial charge in [-0.15, -0.1) is 0 Å². The van der Waals surface area contributed by atoms with E-state index in [-0.39, 0.29) is 17.7 Å². The minimum Gasteiger partial charge on any atom is -0.352 e. The van der Waals surface area contributed by atoms with E-state index >= 15 is 0 Å². The molecule has 15 heavy (non-hydrogen) atoms. The maximum atomic E-state index is 12.3. The van der Waals surface area contributed by atoms with Crippen LogP contribution in [0.5, 0.6) is 0 Å². The smallest absolute Gasteiger partial charge is 0.269 e. The van der Waals surface area contributed by atoms with Crippen molar-refractivity contribution in [1.29, 1.82) is 10.5 Å². The Labute approximate surface area is 83.4 Å². The Hall–Kier alpha value is -2.21. The van der Waals surface area contributed by atoms with Crippen LogP contribution < -0.4 is 5.43 Å². The van der Waals surface area contributed by atoms with Gasteiger partial charge < -0.3 is 4.98 Å². The lowest BCUT2D eigenvalue weighted by molar-refractivity contribution is 0.149. The van der Waals surface area contributed by atoms with Gasteiger partial charge in [-0.1, -0.05) is 0 Å². The molecule has 0 saturated carbocycles. The molecule has 76 valence electrons. The Balaban J connectivity index is 3.46. The number of hydrogen-bond acceptors (Lipinski definition) is 3. The molecule has 0 saturated heterocycles. The first-order valence-corrected chi connectivity index (χ1v) is 3.91. The molecule has 0 aliphatic carbocycles. The summed E-state index contributed by atoms with van der Waals surface area (Å²) in [5, 5.41) is 17.0. The second-order valence-corrected chi connectivity index (χ2v) is 2.67. The molecule has 1 aromatic rings. The number of aromatic amines is 1. The van der Waals surface area contributed by atoms with Crippen LogP contribution in [0.15, 0.2) is 11.0 Å². The van der Waals surface area contributed by atoms with Crippen LogP contribution in [-0.2, 0) is 6.42 Å². The van der Waals surface area contributed by atoms with Crippen LogP contribution >= 0.6 is 0 Å². The zero-order chi connectivity index (χ0) is 11.4. The molecule has 0 amide bonds. The predicted molar refractivity (Wildman–Crippen MR) is 46.1 cm³/mol. The van der Waals surface area contributed by atoms with Crippen molar-refractivity contribution >= 4 is 0 Å². The number of aromatic nitrogens is 1. The normalized spacial score (nSPS) is 9.67. The first-order chi connectivity index (χ1) is 7.11. The molecule has 0 fully saturated rings. The molecule has 0 aliphatic heterocycles. The van der Waals surface area contributed by atoms with E-state index in [1.54, 1.807) is 12.1 Å². The summed E-state index contributed by atoms with van der Waals surface area (Å²) in [4.78, 5) is 13.6. The van der Waals surface area contributed by atoms with Gasteiger partial charge in [-0.3, -0.25) is 4.79 Å². The highest BCUT2D eigenvalue weighted by Gasteiger charge is 2.17. The molecule has 1 N–H and O–H groups in total. The molecule has 0 spiro atoms. The molecular weight excluding hydrogens is 204 g/mol. The van der Waals surface area contributed by atoms with E-state index in [1.165, 1.54) is 0 Å². The summed E-state index contributed by atoms with van der Waals surface area (Å²) < 4.78 is 24.6. The lowest BCUT2D eigenvalue weighted by Crippen LogP contribution is -2.17. The number of nitriles is 2. The lowest BCUT2D eigenvalue weighted by atomic mass is 10.1. The molecule has 4 nitrogen and oxygen atoms in total. The summed E-state index contributed by atoms with van der Waals surface area (Å²) in [5.41, 5.74) is -2.02. The minimum atomic E-state index is -2.92. The van der Waals surface area contributed by atoms with Crippen molar-refractivity contribution in [3.8, 4) is 12.1 Å². The monoisotopic (exact) mass is 209 g/mol. The molecule has 1 heterocycles. The summed E-state index contributed by atoms with van der Waals surface area (Å²) in [7, 11) is 0. The van der Waals surface area contributed by atoms with Gasteiger partial charge in [-0.2, -0.15) is 10.5 Å². The van der Waals surface area contributed by atoms with Crippen LogP contribution in [0, 0.1) is 22.7 Å². The number of rotatable bonds is 2. The zero-order valence-electron chi connectivity index (χ0n) is 7.42. The van der Waals surface area contributed by atoms with Crippen LogP contribution in [0.3, 0.4) is 0 Å². The summed E-state index contributed by atoms with van der Waals surface area (Å²) >= 11 is 0. The highest BCUT2D eigenvalue weighted by molar-refractivity contribution is 5.35. The molecule has 0 atom stereocenters. The van der Waals surface area contributed by atoms with E-state index in [2.05, 4.69) is 4.98 Å². The summed E-state index contributed by atoms with van der Waals surface area (Å²) in [6.45, 7) is 0. The summed E-state index contributed by atoms with van der Waals surface area (Å²) in [6.07, 6.45) is -2.48. The Bertz CT molecular complexity index is 508. The third-order valence-electron chi connectivity index (χ3n) is 1.81. The Morgan fingerprint density at radius 1 is 1.47 bits per heavy atom. The molecule has 0 aliphatic rings. The number of nitrogens with one attached hydrogen (secondary N) is 1. The fourth-order valence-electron chi connectivity index (χ4n) is 1.10. The van der Waals surface area contributed by atoms with Gasteiger partial charge in [0.05, 0.1) is 18.1 Å². The van der Waals surface area contributed by atoms with Crippen LogP contribution in [0.25, 0.3) is 0 Å². The highest BCUT2D eigenvalue weighted by Crippen LogP contribution is 2.15. The average Bonchev–Trinajstić information content (AvgIpc) is 2.20. The van der Waals surface area contributed by atoms with Gasteiger partial charge in [0, 0.05) is 11.8 Å². The van der Waals surface area contributed by atoms with E-state index in [9.17, 15) is 13.6 Å². The zero-order valence-corrected chi connectivity index (χ0v) is 7.42. The van der Waals surface area contributed by atoms with Gasteiger partial charge in [-0.05, 0) is 0 Å². The number of pyridine rings is 1. The molecule has 0 unspecified atom stereocenters. The fraction of sp³-hybridized carbons (Fsp3) is 0.222. The Morgan fingerprint density at radius 2 is 2.13 bits per heavy atom. The minimum absolute atomic E-state index is 0.147. The van der Waals surface area contributed by atoms with Gasteiger partial charge in [0.25, 0.3) is 6.43 Å². The molecule has 0 bridgehead atoms. The maximum Gasteiger partial charge on any atom is 0.269 e. The number of H-pyrrole nitrogens is 1. The number of hydrogen-bond donors (Lipinski definition) is 1. The van der Waals surface area contributed by atoms with Gasteiger partial charge in [0.15, 0.2) is 5.43 Å². The molecule has 6 heteroatoms. The van der Waals surface area contributed by atoms with Gasteiger partial charge in [0.2, 0.25) is 0 Å². The van der Waals surface area contributed by atoms with E-state index in [0.29, 0.717) is 0 Å². The molecule has 0 aromatic carbocycles. The SMILES string of the molecule is N#CCc1c(C#N)[nH]cc(C(F)F)c1=O. The van der Waals surface area contributed by atoms with Gasteiger partial charge in [-0.25, -0.2) is 8.78 Å². The summed E-state index contributed by atoms with van der Waals surface area (Å²) in [5.74, 6) is 0. The first-order valence-electron chi connectivity index (χ1n) is 3.91. The topological polar surface area (TPSA) is 80.4 Å². The fourth-order valence-corrected chi connectivity index (χ4v) is 1.10. The van der Waals surface area contributed by atoms with Gasteiger partial charge >= 0.3 is 0 Å². The predicted octanol–water partition coefficient (Wildman–Crippen LogP) is 1.25. The van der Waals surface area contributed by atoms with Crippen molar-refractivity contribution < 1.29 is 8.78 Å². The van der Waals surface area contributed by atoms with Crippen molar-refractivity contribution in [3.63, 3.8) is 0 Å². The Kier molecular flexibility index (Phi) is 3.14. The van der Waals surface area contributed by atoms with Crippen LogP contribution in [0.2, 0.25) is 0 Å². The number of halogens is 2. The Morgan fingerprint density at radius 3 is 2.60 bits per heavy atom. The van der Waals surface area contributed by atoms with E-state index in [1.807, 2.05) is 0 Å². The first kappa shape index (κ1) is 10.9. The second-order valence-electron chi connectivity index (χ2n) is 2.67. The highest BCUT2D eigenvalue weighted by atomic mass is 19.3. The third kappa shape index (κ3) is 2.00. The second kappa shape index (κ2) is 4.34. The lowest BCUT2D eigenvalue weighted by Gasteiger charge is -2.02. The van der Waals surface area contributed by atoms with Crippen LogP contribution in [0.4, 0.5) is 8.78 Å². The van der Waals surface area contributed by atoms with Crippen molar-refractivity contribution in [1.82, 2.24) is 4.98 Å². The van der Waals surface area contributed by atoms with Crippen molar-refractivity contribution in [2.75, 3.05) is 0 Å². The maximum absolute atomic E-state index is 12.3. The molecular formula is C9H5F2N3O. The van der Waals surface area contributed by atoms with E-state index in [4.69, 9.17) is 10.5 Å². The van der Waals surface area contributed by atoms with Crippen molar-refractivity contribution in [2.24, 2.45) is 0 Å². The third-order valence-corrected chi connectivity index (χ3v) is 1.81. The standard InChI is InChI=1S/C9H5F2N3O/c10-9(11)6-4-14-7(3-13)5(1-2-12)8(6)15/h4,9H,1H2,(H,14,15). The average molecular weight is 209 g/mol. The molecule has 1 rings (SSSR count).